The molecule has 3 N–H and O–H groups in total. The van der Waals surface area contributed by atoms with Crippen molar-refractivity contribution in [2.24, 2.45) is 10.7 Å². The van der Waals surface area contributed by atoms with Gasteiger partial charge >= 0.3 is 0 Å². The second kappa shape index (κ2) is 9.54. The molecule has 0 fully saturated rings. The van der Waals surface area contributed by atoms with Gasteiger partial charge in [-0.25, -0.2) is 23.1 Å². The number of nitrogens with zero attached hydrogens (tertiary/aromatic N) is 3. The normalized spacial score (nSPS) is 13.5. The van der Waals surface area contributed by atoms with Crippen molar-refractivity contribution in [3.8, 4) is 6.07 Å². The molecule has 1 heterocycles. The number of nitrogens with one attached hydrogen (secondary N) is 1. The van der Waals surface area contributed by atoms with Crippen molar-refractivity contribution < 1.29 is 22.7 Å². The van der Waals surface area contributed by atoms with Gasteiger partial charge in [-0.15, -0.1) is 0 Å². The number of amidine groups is 1. The van der Waals surface area contributed by atoms with Gasteiger partial charge in [-0.3, -0.25) is 4.79 Å². The van der Waals surface area contributed by atoms with Gasteiger partial charge in [-0.1, -0.05) is 6.92 Å². The highest BCUT2D eigenvalue weighted by atomic mass is 19.3. The Kier molecular flexibility index (Phi) is 7.14. The highest BCUT2D eigenvalue weighted by Gasteiger charge is 2.32. The summed E-state index contributed by atoms with van der Waals surface area (Å²) in [7, 11) is 1.27. The summed E-state index contributed by atoms with van der Waals surface area (Å²) >= 11 is 0. The van der Waals surface area contributed by atoms with Crippen molar-refractivity contribution in [3.63, 3.8) is 0 Å². The lowest BCUT2D eigenvalue weighted by molar-refractivity contribution is -0.00972. The molecule has 2 atom stereocenters. The maximum Gasteiger partial charge on any atom is 0.282 e. The Morgan fingerprint density at radius 3 is 2.62 bits per heavy atom. The molecule has 0 saturated heterocycles. The van der Waals surface area contributed by atoms with E-state index in [0.717, 1.165) is 6.07 Å². The standard InChI is InChI=1S/C19H18F3N5O2/c1-10(16(17(21)22)29-19(24)25-2)13-7-12(4-5-14(13)20)27-18(28)15-6-3-11(8-23)9-26-15/h3-7,9-10,16-17H,1-2H3,(H2,24,25)(H,27,28)/t10-,16+/m1/s1. The van der Waals surface area contributed by atoms with E-state index < -0.39 is 36.2 Å². The third-order valence-electron chi connectivity index (χ3n) is 4.09. The summed E-state index contributed by atoms with van der Waals surface area (Å²) in [6, 6.07) is 7.78. The van der Waals surface area contributed by atoms with Gasteiger partial charge in [-0.2, -0.15) is 5.26 Å². The van der Waals surface area contributed by atoms with E-state index in [1.165, 1.54) is 44.4 Å². The number of alkyl halides is 2. The number of benzene rings is 1. The number of halogens is 3. The Morgan fingerprint density at radius 2 is 2.07 bits per heavy atom. The van der Waals surface area contributed by atoms with Crippen LogP contribution in [0.3, 0.4) is 0 Å². The molecular weight excluding hydrogens is 387 g/mol. The van der Waals surface area contributed by atoms with E-state index in [1.807, 2.05) is 6.07 Å². The molecule has 10 heteroatoms. The molecule has 1 amide bonds. The predicted octanol–water partition coefficient (Wildman–Crippen LogP) is 3.04. The number of hydrogen-bond acceptors (Lipinski definition) is 5. The van der Waals surface area contributed by atoms with Crippen LogP contribution >= 0.6 is 0 Å². The van der Waals surface area contributed by atoms with Gasteiger partial charge in [0.05, 0.1) is 5.56 Å². The molecule has 1 aromatic heterocycles. The second-order valence-electron chi connectivity index (χ2n) is 6.00. The predicted molar refractivity (Wildman–Crippen MR) is 100 cm³/mol. The number of nitrogens with two attached hydrogens (primary N) is 1. The number of nitriles is 1. The van der Waals surface area contributed by atoms with Crippen molar-refractivity contribution >= 4 is 17.6 Å². The van der Waals surface area contributed by atoms with Crippen LogP contribution in [0.15, 0.2) is 41.5 Å². The number of aliphatic imine (C=N–C) groups is 1. The molecule has 7 nitrogen and oxygen atoms in total. The van der Waals surface area contributed by atoms with Crippen LogP contribution in [0.1, 0.15) is 34.5 Å². The maximum absolute atomic E-state index is 14.3. The molecule has 0 aliphatic rings. The lowest BCUT2D eigenvalue weighted by Gasteiger charge is -2.24. The average Bonchev–Trinajstić information content (AvgIpc) is 2.72. The van der Waals surface area contributed by atoms with E-state index in [1.54, 1.807) is 0 Å². The van der Waals surface area contributed by atoms with Crippen molar-refractivity contribution in [1.82, 2.24) is 4.98 Å². The fraction of sp³-hybridized carbons (Fsp3) is 0.263. The lowest BCUT2D eigenvalue weighted by Crippen LogP contribution is -2.34. The Hall–Kier alpha value is -3.61. The summed E-state index contributed by atoms with van der Waals surface area (Å²) < 4.78 is 46.0. The van der Waals surface area contributed by atoms with E-state index in [4.69, 9.17) is 15.7 Å². The van der Waals surface area contributed by atoms with Gasteiger partial charge in [-0.05, 0) is 35.9 Å². The van der Waals surface area contributed by atoms with Gasteiger partial charge in [0.25, 0.3) is 18.4 Å². The maximum atomic E-state index is 14.3. The number of ether oxygens (including phenoxy) is 1. The summed E-state index contributed by atoms with van der Waals surface area (Å²) in [4.78, 5) is 19.6. The molecule has 0 spiro atoms. The van der Waals surface area contributed by atoms with Crippen molar-refractivity contribution in [2.75, 3.05) is 12.4 Å². The Bertz CT molecular complexity index is 942. The number of anilines is 1. The van der Waals surface area contributed by atoms with Crippen LogP contribution in [0.2, 0.25) is 0 Å². The molecule has 0 aliphatic heterocycles. The highest BCUT2D eigenvalue weighted by molar-refractivity contribution is 6.02. The van der Waals surface area contributed by atoms with Crippen LogP contribution in [0.5, 0.6) is 0 Å². The van der Waals surface area contributed by atoms with Crippen LogP contribution in [-0.2, 0) is 4.74 Å². The van der Waals surface area contributed by atoms with Gasteiger partial charge < -0.3 is 15.8 Å². The molecule has 0 radical (unpaired) electrons. The zero-order chi connectivity index (χ0) is 21.6. The molecule has 29 heavy (non-hydrogen) atoms. The minimum atomic E-state index is -2.95. The smallest absolute Gasteiger partial charge is 0.282 e. The molecular formula is C19H18F3N5O2. The third kappa shape index (κ3) is 5.44. The fourth-order valence-corrected chi connectivity index (χ4v) is 2.50. The zero-order valence-electron chi connectivity index (χ0n) is 15.6. The Labute approximate surface area is 165 Å². The van der Waals surface area contributed by atoms with Crippen LogP contribution in [0.4, 0.5) is 18.9 Å². The number of carbonyl (C=O) groups excluding carboxylic acids is 1. The van der Waals surface area contributed by atoms with Gasteiger partial charge in [0, 0.05) is 24.8 Å². The van der Waals surface area contributed by atoms with E-state index >= 15 is 0 Å². The van der Waals surface area contributed by atoms with Crippen LogP contribution in [0, 0.1) is 17.1 Å². The number of hydrogen-bond donors (Lipinski definition) is 2. The van der Waals surface area contributed by atoms with Crippen molar-refractivity contribution in [2.45, 2.75) is 25.4 Å². The van der Waals surface area contributed by atoms with E-state index in [-0.39, 0.29) is 22.5 Å². The molecule has 0 bridgehead atoms. The summed E-state index contributed by atoms with van der Waals surface area (Å²) in [5.74, 6) is -2.45. The van der Waals surface area contributed by atoms with Crippen LogP contribution < -0.4 is 11.1 Å². The van der Waals surface area contributed by atoms with Crippen LogP contribution in [-0.4, -0.2) is 36.5 Å². The molecule has 1 aromatic carbocycles. The zero-order valence-corrected chi connectivity index (χ0v) is 15.6. The lowest BCUT2D eigenvalue weighted by atomic mass is 9.94. The summed E-state index contributed by atoms with van der Waals surface area (Å²) in [5, 5.41) is 11.3. The molecule has 0 unspecified atom stereocenters. The summed E-state index contributed by atoms with van der Waals surface area (Å²) in [6.45, 7) is 1.35. The van der Waals surface area contributed by atoms with Crippen molar-refractivity contribution in [3.05, 3.63) is 59.2 Å². The first-order valence-corrected chi connectivity index (χ1v) is 8.40. The topological polar surface area (TPSA) is 113 Å². The first kappa shape index (κ1) is 21.7. The number of pyridine rings is 1. The SMILES string of the molecule is C/N=C(/N)O[C@H](C(F)F)[C@H](C)c1cc(NC(=O)c2ccc(C#N)cn2)ccc1F. The number of aromatic nitrogens is 1. The van der Waals surface area contributed by atoms with E-state index in [0.29, 0.717) is 0 Å². The molecule has 2 aromatic rings. The largest absolute Gasteiger partial charge is 0.455 e. The first-order valence-electron chi connectivity index (χ1n) is 8.40. The Balaban J connectivity index is 2.25. The van der Waals surface area contributed by atoms with Gasteiger partial charge in [0.15, 0.2) is 6.10 Å². The third-order valence-corrected chi connectivity index (χ3v) is 4.09. The molecule has 0 saturated carbocycles. The van der Waals surface area contributed by atoms with E-state index in [2.05, 4.69) is 15.3 Å². The first-order chi connectivity index (χ1) is 13.8. The summed E-state index contributed by atoms with van der Waals surface area (Å²) in [5.41, 5.74) is 5.76. The molecule has 2 rings (SSSR count). The van der Waals surface area contributed by atoms with Crippen LogP contribution in [0.25, 0.3) is 0 Å². The quantitative estimate of drug-likeness (QED) is 0.566. The molecule has 0 aliphatic carbocycles. The number of amides is 1. The van der Waals surface area contributed by atoms with Crippen molar-refractivity contribution in [1.29, 1.82) is 5.26 Å². The number of carbonyl (C=O) groups is 1. The Morgan fingerprint density at radius 1 is 1.34 bits per heavy atom. The monoisotopic (exact) mass is 405 g/mol. The minimum Gasteiger partial charge on any atom is -0.455 e. The second-order valence-corrected chi connectivity index (χ2v) is 6.00. The number of rotatable bonds is 6. The van der Waals surface area contributed by atoms with E-state index in [9.17, 15) is 18.0 Å². The van der Waals surface area contributed by atoms with Gasteiger partial charge in [0.1, 0.15) is 17.6 Å². The van der Waals surface area contributed by atoms with Gasteiger partial charge in [0.2, 0.25) is 0 Å². The minimum absolute atomic E-state index is 0.0312. The fourth-order valence-electron chi connectivity index (χ4n) is 2.50. The highest BCUT2D eigenvalue weighted by Crippen LogP contribution is 2.30. The summed E-state index contributed by atoms with van der Waals surface area (Å²) in [6.07, 6.45) is -3.46. The average molecular weight is 405 g/mol. The molecule has 152 valence electrons.